The van der Waals surface area contributed by atoms with Crippen molar-refractivity contribution in [3.05, 3.63) is 11.4 Å². The molecule has 1 aromatic rings. The van der Waals surface area contributed by atoms with Crippen molar-refractivity contribution in [2.45, 2.75) is 52.5 Å². The van der Waals surface area contributed by atoms with Crippen LogP contribution in [0.25, 0.3) is 0 Å². The number of aromatic nitrogens is 3. The number of hydrogen-bond acceptors (Lipinski definition) is 3. The van der Waals surface area contributed by atoms with E-state index in [1.165, 1.54) is 0 Å². The molecule has 0 N–H and O–H groups in total. The molecule has 1 heterocycles. The molecule has 4 nitrogen and oxygen atoms in total. The van der Waals surface area contributed by atoms with Gasteiger partial charge in [0, 0.05) is 0 Å². The molecule has 1 atom stereocenters. The summed E-state index contributed by atoms with van der Waals surface area (Å²) < 4.78 is 1.97. The molecule has 0 spiro atoms. The van der Waals surface area contributed by atoms with E-state index in [1.807, 2.05) is 4.68 Å². The largest absolute Gasteiger partial charge is 0.246 e. The summed E-state index contributed by atoms with van der Waals surface area (Å²) in [5, 5.41) is 16.9. The Morgan fingerprint density at radius 1 is 1.47 bits per heavy atom. The first-order valence-electron chi connectivity index (χ1n) is 5.54. The number of nitriles is 1. The Bertz CT molecular complexity index is 348. The SMILES string of the molecule is CCCc1c(CC#N)nnn1C(C)CC. The van der Waals surface area contributed by atoms with Crippen molar-refractivity contribution in [1.82, 2.24) is 15.0 Å². The van der Waals surface area contributed by atoms with Gasteiger partial charge in [-0.1, -0.05) is 25.5 Å². The van der Waals surface area contributed by atoms with E-state index >= 15 is 0 Å². The van der Waals surface area contributed by atoms with Gasteiger partial charge in [-0.3, -0.25) is 0 Å². The molecule has 0 saturated heterocycles. The molecular weight excluding hydrogens is 188 g/mol. The van der Waals surface area contributed by atoms with E-state index in [0.717, 1.165) is 30.7 Å². The predicted molar refractivity (Wildman–Crippen MR) is 58.3 cm³/mol. The highest BCUT2D eigenvalue weighted by molar-refractivity contribution is 5.15. The van der Waals surface area contributed by atoms with Gasteiger partial charge in [0.25, 0.3) is 0 Å². The van der Waals surface area contributed by atoms with Crippen molar-refractivity contribution in [3.63, 3.8) is 0 Å². The maximum atomic E-state index is 8.69. The van der Waals surface area contributed by atoms with Gasteiger partial charge in [0.2, 0.25) is 0 Å². The van der Waals surface area contributed by atoms with Crippen molar-refractivity contribution in [2.75, 3.05) is 0 Å². The van der Waals surface area contributed by atoms with Gasteiger partial charge >= 0.3 is 0 Å². The van der Waals surface area contributed by atoms with Crippen molar-refractivity contribution in [2.24, 2.45) is 0 Å². The van der Waals surface area contributed by atoms with Crippen LogP contribution in [-0.2, 0) is 12.8 Å². The summed E-state index contributed by atoms with van der Waals surface area (Å²) in [5.41, 5.74) is 1.98. The summed E-state index contributed by atoms with van der Waals surface area (Å²) in [6.45, 7) is 6.39. The minimum Gasteiger partial charge on any atom is -0.246 e. The van der Waals surface area contributed by atoms with E-state index in [2.05, 4.69) is 37.2 Å². The summed E-state index contributed by atoms with van der Waals surface area (Å²) in [6, 6.07) is 2.50. The first-order valence-corrected chi connectivity index (χ1v) is 5.54. The molecule has 1 rings (SSSR count). The molecule has 0 aliphatic heterocycles. The zero-order chi connectivity index (χ0) is 11.3. The Kier molecular flexibility index (Phi) is 4.29. The fourth-order valence-corrected chi connectivity index (χ4v) is 1.58. The molecule has 1 unspecified atom stereocenters. The van der Waals surface area contributed by atoms with Crippen LogP contribution in [0.15, 0.2) is 0 Å². The highest BCUT2D eigenvalue weighted by Gasteiger charge is 2.14. The molecule has 4 heteroatoms. The number of nitrogens with zero attached hydrogens (tertiary/aromatic N) is 4. The summed E-state index contributed by atoms with van der Waals surface area (Å²) in [7, 11) is 0. The Morgan fingerprint density at radius 3 is 2.73 bits per heavy atom. The van der Waals surface area contributed by atoms with Crippen LogP contribution in [0.2, 0.25) is 0 Å². The van der Waals surface area contributed by atoms with Gasteiger partial charge in [-0.05, 0) is 19.8 Å². The molecule has 0 radical (unpaired) electrons. The monoisotopic (exact) mass is 206 g/mol. The molecular formula is C11H18N4. The van der Waals surface area contributed by atoms with Crippen molar-refractivity contribution >= 4 is 0 Å². The van der Waals surface area contributed by atoms with Crippen LogP contribution in [0.5, 0.6) is 0 Å². The van der Waals surface area contributed by atoms with E-state index in [1.54, 1.807) is 0 Å². The molecule has 15 heavy (non-hydrogen) atoms. The lowest BCUT2D eigenvalue weighted by Gasteiger charge is -2.12. The summed E-state index contributed by atoms with van der Waals surface area (Å²) in [4.78, 5) is 0. The summed E-state index contributed by atoms with van der Waals surface area (Å²) >= 11 is 0. The molecule has 0 aliphatic rings. The molecule has 0 bridgehead atoms. The number of rotatable bonds is 5. The quantitative estimate of drug-likeness (QED) is 0.742. The molecule has 0 aliphatic carbocycles. The fraction of sp³-hybridized carbons (Fsp3) is 0.727. The third-order valence-corrected chi connectivity index (χ3v) is 2.61. The van der Waals surface area contributed by atoms with Gasteiger partial charge in [-0.15, -0.1) is 5.10 Å². The molecule has 0 saturated carbocycles. The van der Waals surface area contributed by atoms with Crippen molar-refractivity contribution in [1.29, 1.82) is 5.26 Å². The van der Waals surface area contributed by atoms with Gasteiger partial charge in [-0.2, -0.15) is 5.26 Å². The van der Waals surface area contributed by atoms with Crippen LogP contribution < -0.4 is 0 Å². The second kappa shape index (κ2) is 5.50. The zero-order valence-corrected chi connectivity index (χ0v) is 9.69. The van der Waals surface area contributed by atoms with Crippen molar-refractivity contribution in [3.8, 4) is 6.07 Å². The van der Waals surface area contributed by atoms with Gasteiger partial charge < -0.3 is 0 Å². The first kappa shape index (κ1) is 11.7. The third kappa shape index (κ3) is 2.56. The lowest BCUT2D eigenvalue weighted by Crippen LogP contribution is -2.10. The second-order valence-electron chi connectivity index (χ2n) is 3.77. The normalized spacial score (nSPS) is 12.4. The first-order chi connectivity index (χ1) is 7.24. The van der Waals surface area contributed by atoms with Crippen LogP contribution in [-0.4, -0.2) is 15.0 Å². The minimum atomic E-state index is 0.367. The Labute approximate surface area is 90.9 Å². The maximum Gasteiger partial charge on any atom is 0.0999 e. The van der Waals surface area contributed by atoms with Crippen LogP contribution in [0.4, 0.5) is 0 Å². The van der Waals surface area contributed by atoms with E-state index in [4.69, 9.17) is 5.26 Å². The number of hydrogen-bond donors (Lipinski definition) is 0. The zero-order valence-electron chi connectivity index (χ0n) is 9.69. The highest BCUT2D eigenvalue weighted by atomic mass is 15.4. The predicted octanol–water partition coefficient (Wildman–Crippen LogP) is 2.27. The smallest absolute Gasteiger partial charge is 0.0999 e. The Hall–Kier alpha value is -1.37. The molecule has 0 aromatic carbocycles. The van der Waals surface area contributed by atoms with E-state index in [9.17, 15) is 0 Å². The van der Waals surface area contributed by atoms with Gasteiger partial charge in [0.15, 0.2) is 0 Å². The maximum absolute atomic E-state index is 8.69. The summed E-state index contributed by atoms with van der Waals surface area (Å²) in [6.07, 6.45) is 3.41. The highest BCUT2D eigenvalue weighted by Crippen LogP contribution is 2.16. The van der Waals surface area contributed by atoms with E-state index in [0.29, 0.717) is 12.5 Å². The van der Waals surface area contributed by atoms with Gasteiger partial charge in [0.05, 0.1) is 29.9 Å². The van der Waals surface area contributed by atoms with Crippen LogP contribution in [0.1, 0.15) is 51.0 Å². The van der Waals surface area contributed by atoms with Gasteiger partial charge in [-0.25, -0.2) is 4.68 Å². The molecule has 82 valence electrons. The molecule has 0 fully saturated rings. The average molecular weight is 206 g/mol. The lowest BCUT2D eigenvalue weighted by molar-refractivity contribution is 0.447. The van der Waals surface area contributed by atoms with E-state index < -0.39 is 0 Å². The Morgan fingerprint density at radius 2 is 2.20 bits per heavy atom. The van der Waals surface area contributed by atoms with Crippen LogP contribution in [0.3, 0.4) is 0 Å². The average Bonchev–Trinajstić information content (AvgIpc) is 2.62. The fourth-order valence-electron chi connectivity index (χ4n) is 1.58. The second-order valence-corrected chi connectivity index (χ2v) is 3.77. The van der Waals surface area contributed by atoms with Gasteiger partial charge in [0.1, 0.15) is 0 Å². The molecule has 1 aromatic heterocycles. The standard InChI is InChI=1S/C11H18N4/c1-4-6-11-10(7-8-12)13-14-15(11)9(3)5-2/h9H,4-7H2,1-3H3. The minimum absolute atomic E-state index is 0.367. The topological polar surface area (TPSA) is 54.5 Å². The van der Waals surface area contributed by atoms with Crippen molar-refractivity contribution < 1.29 is 0 Å². The van der Waals surface area contributed by atoms with Crippen LogP contribution in [0, 0.1) is 11.3 Å². The van der Waals surface area contributed by atoms with E-state index in [-0.39, 0.29) is 0 Å². The molecule has 0 amide bonds. The summed E-state index contributed by atoms with van der Waals surface area (Å²) in [5.74, 6) is 0. The Balaban J connectivity index is 3.01. The third-order valence-electron chi connectivity index (χ3n) is 2.61. The van der Waals surface area contributed by atoms with Crippen LogP contribution >= 0.6 is 0 Å². The lowest BCUT2D eigenvalue weighted by atomic mass is 10.1.